The van der Waals surface area contributed by atoms with Crippen molar-refractivity contribution >= 4 is 40.9 Å². The van der Waals surface area contributed by atoms with Gasteiger partial charge in [0.15, 0.2) is 0 Å². The molecular formula is C22H26Cl2N4O6. The fraction of sp³-hybridized carbons (Fsp3) is 0.591. The monoisotopic (exact) mass is 512 g/mol. The summed E-state index contributed by atoms with van der Waals surface area (Å²) in [5, 5.41) is 20.5. The van der Waals surface area contributed by atoms with Crippen LogP contribution >= 0.6 is 23.2 Å². The maximum atomic E-state index is 13.3. The lowest BCUT2D eigenvalue weighted by atomic mass is 10.1. The van der Waals surface area contributed by atoms with Crippen LogP contribution in [-0.4, -0.2) is 63.6 Å². The molecule has 3 rings (SSSR count). The smallest absolute Gasteiger partial charge is 0.411 e. The Hall–Kier alpha value is -2.77. The first kappa shape index (κ1) is 25.8. The van der Waals surface area contributed by atoms with Gasteiger partial charge in [-0.3, -0.25) is 19.8 Å². The second-order valence-corrected chi connectivity index (χ2v) is 10.1. The molecule has 0 bridgehead atoms. The van der Waals surface area contributed by atoms with Crippen molar-refractivity contribution < 1.29 is 24.0 Å². The first-order chi connectivity index (χ1) is 15.9. The van der Waals surface area contributed by atoms with Crippen LogP contribution in [0.3, 0.4) is 0 Å². The number of carbonyl (C=O) groups is 2. The SMILES string of the molecule is CC(C)(C)OC(=O)N1[C@H](COc2cc([N+](=O)[O-])c(Cl)cc2Cl)CC[C@@H]1C(=O)N1CCC[C@H]1C#N. The van der Waals surface area contributed by atoms with Crippen molar-refractivity contribution in [3.63, 3.8) is 0 Å². The number of benzene rings is 1. The number of ether oxygens (including phenoxy) is 2. The standard InChI is InChI=1S/C22H26Cl2N4O6/c1-22(2,3)34-21(30)27-14(6-7-17(27)20(29)26-8-4-5-13(26)11-25)12-33-19-10-18(28(31)32)15(23)9-16(19)24/h9-10,13-14,17H,4-8,12H2,1-3H3/t13-,14-,17+/m0/s1. The molecule has 0 unspecified atom stereocenters. The van der Waals surface area contributed by atoms with Gasteiger partial charge in [-0.25, -0.2) is 4.79 Å². The van der Waals surface area contributed by atoms with Crippen LogP contribution in [0.5, 0.6) is 5.75 Å². The number of halogens is 2. The van der Waals surface area contributed by atoms with E-state index in [2.05, 4.69) is 6.07 Å². The van der Waals surface area contributed by atoms with Gasteiger partial charge >= 0.3 is 6.09 Å². The van der Waals surface area contributed by atoms with E-state index < -0.39 is 34.7 Å². The molecular weight excluding hydrogens is 487 g/mol. The lowest BCUT2D eigenvalue weighted by Gasteiger charge is -2.34. The van der Waals surface area contributed by atoms with Crippen molar-refractivity contribution in [3.8, 4) is 11.8 Å². The molecule has 0 N–H and O–H groups in total. The number of amides is 2. The van der Waals surface area contributed by atoms with Crippen LogP contribution in [0.15, 0.2) is 12.1 Å². The minimum absolute atomic E-state index is 0.0424. The molecule has 0 aromatic heterocycles. The fourth-order valence-corrected chi connectivity index (χ4v) is 4.70. The highest BCUT2D eigenvalue weighted by molar-refractivity contribution is 6.36. The highest BCUT2D eigenvalue weighted by Gasteiger charge is 2.46. The van der Waals surface area contributed by atoms with Gasteiger partial charge in [-0.1, -0.05) is 23.2 Å². The molecule has 0 radical (unpaired) electrons. The van der Waals surface area contributed by atoms with Gasteiger partial charge in [-0.05, 0) is 52.5 Å². The third kappa shape index (κ3) is 5.65. The van der Waals surface area contributed by atoms with Crippen LogP contribution < -0.4 is 4.74 Å². The molecule has 2 aliphatic rings. The zero-order chi connectivity index (χ0) is 25.2. The molecule has 2 heterocycles. The lowest BCUT2D eigenvalue weighted by Crippen LogP contribution is -2.53. The van der Waals surface area contributed by atoms with Gasteiger partial charge in [0.05, 0.1) is 28.1 Å². The summed E-state index contributed by atoms with van der Waals surface area (Å²) in [6.45, 7) is 5.57. The molecule has 0 aliphatic carbocycles. The maximum Gasteiger partial charge on any atom is 0.411 e. The quantitative estimate of drug-likeness (QED) is 0.417. The van der Waals surface area contributed by atoms with Crippen molar-refractivity contribution in [2.45, 2.75) is 70.2 Å². The zero-order valence-electron chi connectivity index (χ0n) is 19.1. The first-order valence-electron chi connectivity index (χ1n) is 10.9. The number of nitro groups is 1. The average Bonchev–Trinajstić information content (AvgIpc) is 3.38. The number of hydrogen-bond acceptors (Lipinski definition) is 7. The molecule has 1 aromatic carbocycles. The number of likely N-dealkylation sites (tertiary alicyclic amines) is 2. The lowest BCUT2D eigenvalue weighted by molar-refractivity contribution is -0.384. The van der Waals surface area contributed by atoms with Gasteiger partial charge < -0.3 is 14.4 Å². The van der Waals surface area contributed by atoms with Crippen LogP contribution in [0.2, 0.25) is 10.0 Å². The van der Waals surface area contributed by atoms with E-state index in [4.69, 9.17) is 32.7 Å². The van der Waals surface area contributed by atoms with Gasteiger partial charge in [0.2, 0.25) is 5.91 Å². The van der Waals surface area contributed by atoms with Crippen LogP contribution in [0, 0.1) is 21.4 Å². The van der Waals surface area contributed by atoms with Gasteiger partial charge in [-0.15, -0.1) is 0 Å². The molecule has 2 aliphatic heterocycles. The summed E-state index contributed by atoms with van der Waals surface area (Å²) in [4.78, 5) is 39.8. The third-order valence-electron chi connectivity index (χ3n) is 5.71. The molecule has 1 aromatic rings. The topological polar surface area (TPSA) is 126 Å². The molecule has 184 valence electrons. The summed E-state index contributed by atoms with van der Waals surface area (Å²) >= 11 is 12.0. The number of rotatable bonds is 5. The minimum Gasteiger partial charge on any atom is -0.490 e. The normalized spacial score (nSPS) is 22.4. The average molecular weight is 513 g/mol. The van der Waals surface area contributed by atoms with Crippen LogP contribution in [0.25, 0.3) is 0 Å². The molecule has 12 heteroatoms. The number of hydrogen-bond donors (Lipinski definition) is 0. The molecule has 3 atom stereocenters. The Labute approximate surface area is 207 Å². The van der Waals surface area contributed by atoms with E-state index >= 15 is 0 Å². The van der Waals surface area contributed by atoms with Crippen LogP contribution in [-0.2, 0) is 9.53 Å². The Bertz CT molecular complexity index is 1020. The Kier molecular flexibility index (Phi) is 7.78. The number of nitro benzene ring substituents is 1. The summed E-state index contributed by atoms with van der Waals surface area (Å²) in [6.07, 6.45) is 1.46. The number of carbonyl (C=O) groups excluding carboxylic acids is 2. The zero-order valence-corrected chi connectivity index (χ0v) is 20.6. The minimum atomic E-state index is -0.799. The van der Waals surface area contributed by atoms with E-state index in [0.717, 1.165) is 12.5 Å². The molecule has 34 heavy (non-hydrogen) atoms. The van der Waals surface area contributed by atoms with Crippen molar-refractivity contribution in [1.82, 2.24) is 9.80 Å². The second-order valence-electron chi connectivity index (χ2n) is 9.26. The Balaban J connectivity index is 1.83. The van der Waals surface area contributed by atoms with Crippen molar-refractivity contribution in [2.24, 2.45) is 0 Å². The van der Waals surface area contributed by atoms with Crippen molar-refractivity contribution in [2.75, 3.05) is 13.2 Å². The molecule has 0 spiro atoms. The van der Waals surface area contributed by atoms with Gasteiger partial charge in [0.25, 0.3) is 5.69 Å². The van der Waals surface area contributed by atoms with E-state index in [1.165, 1.54) is 15.9 Å². The largest absolute Gasteiger partial charge is 0.490 e. The molecule has 0 saturated carbocycles. The second kappa shape index (κ2) is 10.2. The van der Waals surface area contributed by atoms with Crippen LogP contribution in [0.1, 0.15) is 46.5 Å². The van der Waals surface area contributed by atoms with Gasteiger partial charge in [0, 0.05) is 6.54 Å². The molecule has 10 nitrogen and oxygen atoms in total. The first-order valence-corrected chi connectivity index (χ1v) is 11.7. The summed E-state index contributed by atoms with van der Waals surface area (Å²) in [6, 6.07) is 2.64. The Morgan fingerprint density at radius 1 is 1.24 bits per heavy atom. The summed E-state index contributed by atoms with van der Waals surface area (Å²) < 4.78 is 11.3. The van der Waals surface area contributed by atoms with Gasteiger partial charge in [0.1, 0.15) is 35.1 Å². The maximum absolute atomic E-state index is 13.3. The van der Waals surface area contributed by atoms with Crippen molar-refractivity contribution in [1.29, 1.82) is 5.26 Å². The predicted molar refractivity (Wildman–Crippen MR) is 124 cm³/mol. The van der Waals surface area contributed by atoms with E-state index in [1.807, 2.05) is 0 Å². The van der Waals surface area contributed by atoms with Crippen molar-refractivity contribution in [3.05, 3.63) is 32.3 Å². The fourth-order valence-electron chi connectivity index (χ4n) is 4.19. The Morgan fingerprint density at radius 3 is 2.56 bits per heavy atom. The molecule has 2 saturated heterocycles. The van der Waals surface area contributed by atoms with E-state index in [-0.39, 0.29) is 34.0 Å². The summed E-state index contributed by atoms with van der Waals surface area (Å²) in [7, 11) is 0. The van der Waals surface area contributed by atoms with Gasteiger partial charge in [-0.2, -0.15) is 5.26 Å². The van der Waals surface area contributed by atoms with E-state index in [9.17, 15) is 25.0 Å². The highest BCUT2D eigenvalue weighted by Crippen LogP contribution is 2.37. The highest BCUT2D eigenvalue weighted by atomic mass is 35.5. The number of nitriles is 1. The predicted octanol–water partition coefficient (Wildman–Crippen LogP) is 4.56. The third-order valence-corrected chi connectivity index (χ3v) is 6.30. The van der Waals surface area contributed by atoms with Crippen LogP contribution in [0.4, 0.5) is 10.5 Å². The summed E-state index contributed by atoms with van der Waals surface area (Å²) in [5.41, 5.74) is -1.15. The number of nitrogens with zero attached hydrogens (tertiary/aromatic N) is 4. The van der Waals surface area contributed by atoms with E-state index in [0.29, 0.717) is 25.8 Å². The molecule has 2 fully saturated rings. The van der Waals surface area contributed by atoms with E-state index in [1.54, 1.807) is 20.8 Å². The summed E-state index contributed by atoms with van der Waals surface area (Å²) in [5.74, 6) is -0.252. The Morgan fingerprint density at radius 2 is 1.94 bits per heavy atom. The molecule has 2 amide bonds.